The summed E-state index contributed by atoms with van der Waals surface area (Å²) in [5, 5.41) is 3.16. The van der Waals surface area contributed by atoms with Crippen molar-refractivity contribution >= 4 is 17.7 Å². The van der Waals surface area contributed by atoms with Gasteiger partial charge in [0.2, 0.25) is 0 Å². The first-order chi connectivity index (χ1) is 9.65. The lowest BCUT2D eigenvalue weighted by atomic mass is 9.87. The second-order valence-electron chi connectivity index (χ2n) is 5.60. The van der Waals surface area contributed by atoms with Gasteiger partial charge in [-0.2, -0.15) is 11.8 Å². The zero-order valence-electron chi connectivity index (χ0n) is 12.2. The molecule has 0 aromatic rings. The van der Waals surface area contributed by atoms with Crippen molar-refractivity contribution in [1.82, 2.24) is 10.2 Å². The molecule has 0 bridgehead atoms. The van der Waals surface area contributed by atoms with E-state index in [4.69, 9.17) is 0 Å². The molecule has 1 spiro atoms. The van der Waals surface area contributed by atoms with E-state index in [-0.39, 0.29) is 0 Å². The number of nitrogens with zero attached hydrogens (tertiary/aromatic N) is 2. The third kappa shape index (κ3) is 4.24. The van der Waals surface area contributed by atoms with Crippen LogP contribution in [0.3, 0.4) is 0 Å². The number of thioether (sulfide) groups is 1. The zero-order chi connectivity index (χ0) is 14.4. The largest absolute Gasteiger partial charge is 0.357 e. The van der Waals surface area contributed by atoms with Crippen molar-refractivity contribution in [2.45, 2.75) is 50.2 Å². The molecule has 2 fully saturated rings. The Kier molecular flexibility index (Phi) is 5.93. The molecule has 0 aromatic heterocycles. The van der Waals surface area contributed by atoms with Gasteiger partial charge >= 0.3 is 0 Å². The summed E-state index contributed by atoms with van der Waals surface area (Å²) in [7, 11) is 0. The molecule has 0 atom stereocenters. The van der Waals surface area contributed by atoms with Crippen molar-refractivity contribution in [3.05, 3.63) is 0 Å². The predicted octanol–water partition coefficient (Wildman–Crippen LogP) is 2.97. The fraction of sp³-hybridized carbons (Fsp3) is 0.929. The first kappa shape index (κ1) is 15.9. The van der Waals surface area contributed by atoms with Crippen molar-refractivity contribution in [3.8, 4) is 0 Å². The minimum absolute atomic E-state index is 0.331. The van der Waals surface area contributed by atoms with Crippen LogP contribution in [0.25, 0.3) is 0 Å². The summed E-state index contributed by atoms with van der Waals surface area (Å²) in [5.41, 5.74) is 0. The zero-order valence-corrected chi connectivity index (χ0v) is 13.0. The number of nitrogens with one attached hydrogen (secondary N) is 1. The Hall–Kier alpha value is -0.520. The van der Waals surface area contributed by atoms with Gasteiger partial charge < -0.3 is 10.2 Å². The summed E-state index contributed by atoms with van der Waals surface area (Å²) in [6.07, 6.45) is 4.07. The average Bonchev–Trinajstić information content (AvgIpc) is 2.44. The summed E-state index contributed by atoms with van der Waals surface area (Å²) < 4.78 is 25.1. The van der Waals surface area contributed by atoms with Gasteiger partial charge in [0.25, 0.3) is 6.43 Å². The summed E-state index contributed by atoms with van der Waals surface area (Å²) in [4.78, 5) is 6.28. The highest BCUT2D eigenvalue weighted by Gasteiger charge is 2.38. The number of hydrogen-bond acceptors (Lipinski definition) is 2. The minimum atomic E-state index is -2.37. The van der Waals surface area contributed by atoms with Gasteiger partial charge in [0, 0.05) is 30.1 Å². The molecule has 2 rings (SSSR count). The smallest absolute Gasteiger partial charge is 0.257 e. The van der Waals surface area contributed by atoms with E-state index >= 15 is 0 Å². The third-order valence-electron chi connectivity index (χ3n) is 4.03. The molecule has 0 amide bonds. The molecule has 3 nitrogen and oxygen atoms in total. The fourth-order valence-electron chi connectivity index (χ4n) is 3.11. The van der Waals surface area contributed by atoms with Gasteiger partial charge in [-0.25, -0.2) is 13.8 Å². The van der Waals surface area contributed by atoms with E-state index < -0.39 is 13.0 Å². The lowest BCUT2D eigenvalue weighted by molar-refractivity contribution is 0.158. The highest BCUT2D eigenvalue weighted by Crippen LogP contribution is 2.42. The van der Waals surface area contributed by atoms with Crippen molar-refractivity contribution in [2.75, 3.05) is 31.9 Å². The number of alkyl halides is 2. The molecule has 0 unspecified atom stereocenters. The molecule has 0 aromatic carbocycles. The van der Waals surface area contributed by atoms with Gasteiger partial charge in [-0.3, -0.25) is 0 Å². The maximum Gasteiger partial charge on any atom is 0.257 e. The van der Waals surface area contributed by atoms with Crippen molar-refractivity contribution in [1.29, 1.82) is 0 Å². The summed E-state index contributed by atoms with van der Waals surface area (Å²) in [6, 6.07) is 0. The van der Waals surface area contributed by atoms with Crippen LogP contribution in [0.5, 0.6) is 0 Å². The van der Waals surface area contributed by atoms with Crippen LogP contribution in [0.2, 0.25) is 0 Å². The van der Waals surface area contributed by atoms with Crippen LogP contribution in [-0.2, 0) is 0 Å². The van der Waals surface area contributed by atoms with E-state index in [9.17, 15) is 8.78 Å². The third-order valence-corrected chi connectivity index (χ3v) is 5.56. The maximum absolute atomic E-state index is 12.4. The molecule has 1 N–H and O–H groups in total. The highest BCUT2D eigenvalue weighted by atomic mass is 32.2. The van der Waals surface area contributed by atoms with E-state index in [1.54, 1.807) is 0 Å². The molecule has 2 aliphatic rings. The quantitative estimate of drug-likeness (QED) is 0.642. The number of guanidine groups is 1. The number of aliphatic imine (C=N–C) groups is 1. The number of rotatable bonds is 3. The topological polar surface area (TPSA) is 27.6 Å². The van der Waals surface area contributed by atoms with Crippen LogP contribution in [0, 0.1) is 0 Å². The predicted molar refractivity (Wildman–Crippen MR) is 81.8 cm³/mol. The number of hydrogen-bond donors (Lipinski definition) is 1. The molecule has 1 aliphatic heterocycles. The first-order valence-corrected chi connectivity index (χ1v) is 8.59. The Morgan fingerprint density at radius 2 is 2.10 bits per heavy atom. The molecule has 1 saturated heterocycles. The fourth-order valence-corrected chi connectivity index (χ4v) is 4.67. The van der Waals surface area contributed by atoms with Crippen molar-refractivity contribution in [3.63, 3.8) is 0 Å². The van der Waals surface area contributed by atoms with E-state index in [1.165, 1.54) is 32.1 Å². The van der Waals surface area contributed by atoms with Gasteiger partial charge in [0.05, 0.1) is 0 Å². The van der Waals surface area contributed by atoms with Crippen LogP contribution in [0.4, 0.5) is 8.78 Å². The van der Waals surface area contributed by atoms with E-state index in [1.807, 2.05) is 6.92 Å². The minimum Gasteiger partial charge on any atom is -0.357 e. The molecule has 0 radical (unpaired) electrons. The Morgan fingerprint density at radius 1 is 1.35 bits per heavy atom. The second kappa shape index (κ2) is 7.48. The monoisotopic (exact) mass is 305 g/mol. The van der Waals surface area contributed by atoms with Crippen LogP contribution in [-0.4, -0.2) is 54.0 Å². The van der Waals surface area contributed by atoms with Gasteiger partial charge in [-0.15, -0.1) is 0 Å². The molecule has 6 heteroatoms. The molecule has 20 heavy (non-hydrogen) atoms. The average molecular weight is 305 g/mol. The van der Waals surface area contributed by atoms with Crippen LogP contribution >= 0.6 is 11.8 Å². The first-order valence-electron chi connectivity index (χ1n) is 7.60. The lowest BCUT2D eigenvalue weighted by Crippen LogP contribution is -2.53. The Balaban J connectivity index is 2.02. The molecule has 116 valence electrons. The summed E-state index contributed by atoms with van der Waals surface area (Å²) in [5.74, 6) is 1.73. The normalized spacial score (nSPS) is 23.4. The van der Waals surface area contributed by atoms with Gasteiger partial charge in [0.15, 0.2) is 5.96 Å². The summed E-state index contributed by atoms with van der Waals surface area (Å²) >= 11 is 2.08. The maximum atomic E-state index is 12.4. The van der Waals surface area contributed by atoms with Gasteiger partial charge in [0.1, 0.15) is 6.54 Å². The van der Waals surface area contributed by atoms with E-state index in [0.29, 0.717) is 10.7 Å². The van der Waals surface area contributed by atoms with E-state index in [2.05, 4.69) is 27.0 Å². The molecule has 1 heterocycles. The van der Waals surface area contributed by atoms with Crippen molar-refractivity contribution < 1.29 is 8.78 Å². The standard InChI is InChI=1S/C14H25F2N3S/c1-2-17-13(18-10-12(15)16)19-8-9-20-14(11-19)6-4-3-5-7-14/h12H,2-11H2,1H3,(H,17,18). The van der Waals surface area contributed by atoms with Crippen LogP contribution in [0.1, 0.15) is 39.0 Å². The van der Waals surface area contributed by atoms with Gasteiger partial charge in [-0.05, 0) is 19.8 Å². The Morgan fingerprint density at radius 3 is 2.75 bits per heavy atom. The molecular weight excluding hydrogens is 280 g/mol. The van der Waals surface area contributed by atoms with Gasteiger partial charge in [-0.1, -0.05) is 19.3 Å². The van der Waals surface area contributed by atoms with Crippen LogP contribution in [0.15, 0.2) is 4.99 Å². The molecule has 1 aliphatic carbocycles. The Labute approximate surface area is 124 Å². The highest BCUT2D eigenvalue weighted by molar-refractivity contribution is 8.00. The second-order valence-corrected chi connectivity index (χ2v) is 7.16. The number of halogens is 2. The molecule has 1 saturated carbocycles. The van der Waals surface area contributed by atoms with Crippen molar-refractivity contribution in [2.24, 2.45) is 4.99 Å². The summed E-state index contributed by atoms with van der Waals surface area (Å²) in [6.45, 7) is 4.15. The Bertz CT molecular complexity index is 325. The molecular formula is C14H25F2N3S. The van der Waals surface area contributed by atoms with Crippen LogP contribution < -0.4 is 5.32 Å². The van der Waals surface area contributed by atoms with E-state index in [0.717, 1.165) is 25.4 Å². The SMILES string of the molecule is CCNC(=NCC(F)F)N1CCSC2(CCCCC2)C1. The lowest BCUT2D eigenvalue weighted by Gasteiger charge is -2.45.